The second-order valence-corrected chi connectivity index (χ2v) is 5.03. The van der Waals surface area contributed by atoms with Gasteiger partial charge in [-0.3, -0.25) is 0 Å². The summed E-state index contributed by atoms with van der Waals surface area (Å²) in [6.45, 7) is 7.33. The molecule has 2 saturated heterocycles. The number of ether oxygens (including phenoxy) is 2. The van der Waals surface area contributed by atoms with Gasteiger partial charge in [0.2, 0.25) is 0 Å². The molecular formula is C12H23NO2. The summed E-state index contributed by atoms with van der Waals surface area (Å²) in [7, 11) is 0. The third-order valence-electron chi connectivity index (χ3n) is 3.91. The van der Waals surface area contributed by atoms with E-state index < -0.39 is 0 Å². The molecule has 2 rings (SSSR count). The van der Waals surface area contributed by atoms with Crippen LogP contribution in [0, 0.1) is 0 Å². The van der Waals surface area contributed by atoms with Crippen LogP contribution in [0.1, 0.15) is 39.5 Å². The van der Waals surface area contributed by atoms with Crippen LogP contribution in [0.15, 0.2) is 0 Å². The first-order chi connectivity index (χ1) is 7.21. The molecule has 0 aliphatic carbocycles. The van der Waals surface area contributed by atoms with Crippen LogP contribution in [-0.4, -0.2) is 37.5 Å². The van der Waals surface area contributed by atoms with Crippen molar-refractivity contribution in [3.63, 3.8) is 0 Å². The van der Waals surface area contributed by atoms with Crippen LogP contribution in [0.3, 0.4) is 0 Å². The fourth-order valence-corrected chi connectivity index (χ4v) is 2.46. The summed E-state index contributed by atoms with van der Waals surface area (Å²) in [5.41, 5.74) is 0.179. The molecule has 0 radical (unpaired) electrons. The van der Waals surface area contributed by atoms with Gasteiger partial charge in [-0.25, -0.2) is 0 Å². The lowest BCUT2D eigenvalue weighted by atomic mass is 9.94. The lowest BCUT2D eigenvalue weighted by Gasteiger charge is -2.29. The van der Waals surface area contributed by atoms with E-state index in [-0.39, 0.29) is 5.54 Å². The zero-order chi connectivity index (χ0) is 10.7. The molecule has 0 bridgehead atoms. The van der Waals surface area contributed by atoms with E-state index in [1.165, 1.54) is 12.8 Å². The van der Waals surface area contributed by atoms with Gasteiger partial charge in [0, 0.05) is 18.8 Å². The summed E-state index contributed by atoms with van der Waals surface area (Å²) in [6.07, 6.45) is 5.58. The van der Waals surface area contributed by atoms with E-state index in [1.54, 1.807) is 0 Å². The third-order valence-corrected chi connectivity index (χ3v) is 3.91. The van der Waals surface area contributed by atoms with Gasteiger partial charge in [-0.1, -0.05) is 0 Å². The Hall–Kier alpha value is -0.120. The summed E-state index contributed by atoms with van der Waals surface area (Å²) in [5, 5.41) is 3.63. The molecule has 0 aromatic heterocycles. The van der Waals surface area contributed by atoms with Crippen molar-refractivity contribution in [2.45, 2.75) is 57.3 Å². The van der Waals surface area contributed by atoms with Crippen molar-refractivity contribution in [1.82, 2.24) is 5.32 Å². The molecule has 0 amide bonds. The van der Waals surface area contributed by atoms with Crippen molar-refractivity contribution in [3.05, 3.63) is 0 Å². The second kappa shape index (κ2) is 4.81. The van der Waals surface area contributed by atoms with Crippen LogP contribution in [0.2, 0.25) is 0 Å². The zero-order valence-corrected chi connectivity index (χ0v) is 9.92. The highest BCUT2D eigenvalue weighted by Crippen LogP contribution is 2.25. The molecule has 3 nitrogen and oxygen atoms in total. The molecule has 2 aliphatic heterocycles. The minimum absolute atomic E-state index is 0.179. The van der Waals surface area contributed by atoms with Gasteiger partial charge in [0.15, 0.2) is 0 Å². The summed E-state index contributed by atoms with van der Waals surface area (Å²) < 4.78 is 11.2. The second-order valence-electron chi connectivity index (χ2n) is 5.03. The minimum atomic E-state index is 0.179. The van der Waals surface area contributed by atoms with Crippen LogP contribution < -0.4 is 5.32 Å². The van der Waals surface area contributed by atoms with Crippen molar-refractivity contribution in [1.29, 1.82) is 0 Å². The van der Waals surface area contributed by atoms with Crippen LogP contribution in [-0.2, 0) is 9.47 Å². The quantitative estimate of drug-likeness (QED) is 0.771. The highest BCUT2D eigenvalue weighted by Gasteiger charge is 2.36. The Balaban J connectivity index is 1.68. The summed E-state index contributed by atoms with van der Waals surface area (Å²) in [5.74, 6) is 0. The molecule has 3 unspecified atom stereocenters. The van der Waals surface area contributed by atoms with E-state index in [2.05, 4.69) is 19.2 Å². The van der Waals surface area contributed by atoms with Crippen molar-refractivity contribution in [2.75, 3.05) is 19.8 Å². The minimum Gasteiger partial charge on any atom is -0.378 e. The van der Waals surface area contributed by atoms with Crippen molar-refractivity contribution in [2.24, 2.45) is 0 Å². The van der Waals surface area contributed by atoms with E-state index in [9.17, 15) is 0 Å². The molecule has 0 aromatic rings. The lowest BCUT2D eigenvalue weighted by Crippen LogP contribution is -2.48. The first-order valence-electron chi connectivity index (χ1n) is 6.19. The van der Waals surface area contributed by atoms with Crippen LogP contribution in [0.25, 0.3) is 0 Å². The first kappa shape index (κ1) is 11.4. The molecule has 2 aliphatic rings. The standard InChI is InChI=1S/C12H23NO2/c1-10-12(2,6-9-14-10)13-7-5-11-4-3-8-15-11/h10-11,13H,3-9H2,1-2H3. The zero-order valence-electron chi connectivity index (χ0n) is 9.92. The van der Waals surface area contributed by atoms with Gasteiger partial charge in [-0.05, 0) is 46.1 Å². The van der Waals surface area contributed by atoms with Crippen molar-refractivity contribution in [3.8, 4) is 0 Å². The molecule has 1 N–H and O–H groups in total. The predicted molar refractivity (Wildman–Crippen MR) is 60.0 cm³/mol. The number of hydrogen-bond donors (Lipinski definition) is 1. The van der Waals surface area contributed by atoms with Gasteiger partial charge in [0.1, 0.15) is 0 Å². The molecule has 0 spiro atoms. The molecular weight excluding hydrogens is 190 g/mol. The first-order valence-corrected chi connectivity index (χ1v) is 6.19. The Bertz CT molecular complexity index is 204. The predicted octanol–water partition coefficient (Wildman–Crippen LogP) is 1.71. The van der Waals surface area contributed by atoms with Gasteiger partial charge in [0.25, 0.3) is 0 Å². The van der Waals surface area contributed by atoms with E-state index in [1.807, 2.05) is 0 Å². The van der Waals surface area contributed by atoms with Crippen molar-refractivity contribution >= 4 is 0 Å². The SMILES string of the molecule is CC1OCCC1(C)NCCC1CCCO1. The molecule has 3 heteroatoms. The molecule has 0 aromatic carbocycles. The Labute approximate surface area is 92.5 Å². The highest BCUT2D eigenvalue weighted by atomic mass is 16.5. The smallest absolute Gasteiger partial charge is 0.0726 e. The normalized spacial score (nSPS) is 41.2. The Kier molecular flexibility index (Phi) is 3.65. The molecule has 3 atom stereocenters. The fourth-order valence-electron chi connectivity index (χ4n) is 2.46. The molecule has 15 heavy (non-hydrogen) atoms. The average molecular weight is 213 g/mol. The molecule has 0 saturated carbocycles. The largest absolute Gasteiger partial charge is 0.378 e. The van der Waals surface area contributed by atoms with Crippen LogP contribution >= 0.6 is 0 Å². The number of rotatable bonds is 4. The Morgan fingerprint density at radius 2 is 2.20 bits per heavy atom. The Morgan fingerprint density at radius 3 is 2.80 bits per heavy atom. The van der Waals surface area contributed by atoms with Crippen LogP contribution in [0.5, 0.6) is 0 Å². The van der Waals surface area contributed by atoms with Gasteiger partial charge < -0.3 is 14.8 Å². The topological polar surface area (TPSA) is 30.5 Å². The molecule has 88 valence electrons. The van der Waals surface area contributed by atoms with Crippen LogP contribution in [0.4, 0.5) is 0 Å². The monoisotopic (exact) mass is 213 g/mol. The summed E-state index contributed by atoms with van der Waals surface area (Å²) >= 11 is 0. The maximum Gasteiger partial charge on any atom is 0.0726 e. The van der Waals surface area contributed by atoms with Gasteiger partial charge in [0.05, 0.1) is 12.2 Å². The van der Waals surface area contributed by atoms with Crippen molar-refractivity contribution < 1.29 is 9.47 Å². The highest BCUT2D eigenvalue weighted by molar-refractivity contribution is 4.93. The van der Waals surface area contributed by atoms with Gasteiger partial charge in [-0.2, -0.15) is 0 Å². The lowest BCUT2D eigenvalue weighted by molar-refractivity contribution is 0.0804. The third kappa shape index (κ3) is 2.71. The van der Waals surface area contributed by atoms with E-state index >= 15 is 0 Å². The molecule has 2 fully saturated rings. The van der Waals surface area contributed by atoms with Gasteiger partial charge >= 0.3 is 0 Å². The van der Waals surface area contributed by atoms with E-state index in [0.717, 1.165) is 32.6 Å². The number of hydrogen-bond acceptors (Lipinski definition) is 3. The van der Waals surface area contributed by atoms with Gasteiger partial charge in [-0.15, -0.1) is 0 Å². The van der Waals surface area contributed by atoms with E-state index in [0.29, 0.717) is 12.2 Å². The average Bonchev–Trinajstić information content (AvgIpc) is 2.79. The number of nitrogens with one attached hydrogen (secondary N) is 1. The maximum atomic E-state index is 5.61. The molecule has 2 heterocycles. The Morgan fingerprint density at radius 1 is 1.33 bits per heavy atom. The summed E-state index contributed by atoms with van der Waals surface area (Å²) in [4.78, 5) is 0. The van der Waals surface area contributed by atoms with E-state index in [4.69, 9.17) is 9.47 Å². The fraction of sp³-hybridized carbons (Fsp3) is 1.00. The maximum absolute atomic E-state index is 5.61. The summed E-state index contributed by atoms with van der Waals surface area (Å²) in [6, 6.07) is 0.